The van der Waals surface area contributed by atoms with Gasteiger partial charge in [-0.2, -0.15) is 0 Å². The van der Waals surface area contributed by atoms with Crippen molar-refractivity contribution in [2.45, 2.75) is 38.5 Å². The van der Waals surface area contributed by atoms with Gasteiger partial charge in [0.25, 0.3) is 0 Å². The number of carbonyl (C=O) groups is 2. The Hall–Kier alpha value is -2.35. The molecule has 8 nitrogen and oxygen atoms in total. The van der Waals surface area contributed by atoms with Crippen LogP contribution in [-0.4, -0.2) is 50.3 Å². The molecule has 27 heavy (non-hydrogen) atoms. The van der Waals surface area contributed by atoms with Gasteiger partial charge < -0.3 is 25.4 Å². The highest BCUT2D eigenvalue weighted by Crippen LogP contribution is 2.25. The van der Waals surface area contributed by atoms with E-state index in [0.717, 1.165) is 12.8 Å². The predicted molar refractivity (Wildman–Crippen MR) is 103 cm³/mol. The maximum atomic E-state index is 11.9. The molecule has 8 heteroatoms. The number of hydrogen-bond donors (Lipinski definition) is 3. The lowest BCUT2D eigenvalue weighted by molar-refractivity contribution is -0.122. The average molecular weight is 378 g/mol. The molecule has 0 saturated heterocycles. The second kappa shape index (κ2) is 12.1. The van der Waals surface area contributed by atoms with Gasteiger partial charge in [0.05, 0.1) is 18.5 Å². The van der Waals surface area contributed by atoms with Crippen LogP contribution < -0.4 is 20.7 Å². The summed E-state index contributed by atoms with van der Waals surface area (Å²) in [7, 11) is 1.60. The lowest BCUT2D eigenvalue weighted by atomic mass is 9.87. The van der Waals surface area contributed by atoms with E-state index in [-0.39, 0.29) is 11.9 Å². The number of anilines is 1. The third-order valence-corrected chi connectivity index (χ3v) is 4.46. The molecule has 3 N–H and O–H groups in total. The largest absolute Gasteiger partial charge is 0.475 e. The normalized spacial score (nSPS) is 14.4. The number of hydrogen-bond acceptors (Lipinski definition) is 5. The van der Waals surface area contributed by atoms with Crippen molar-refractivity contribution in [3.05, 3.63) is 18.3 Å². The fraction of sp³-hybridized carbons (Fsp3) is 0.632. The molecule has 0 spiro atoms. The fourth-order valence-corrected chi connectivity index (χ4v) is 3.05. The molecular formula is C19H30N4O4. The molecule has 2 rings (SSSR count). The Labute approximate surface area is 160 Å². The van der Waals surface area contributed by atoms with Crippen LogP contribution in [0.4, 0.5) is 10.5 Å². The molecule has 1 aromatic rings. The zero-order chi connectivity index (χ0) is 19.3. The van der Waals surface area contributed by atoms with Crippen LogP contribution >= 0.6 is 0 Å². The van der Waals surface area contributed by atoms with Gasteiger partial charge in [0.1, 0.15) is 6.61 Å². The topological polar surface area (TPSA) is 102 Å². The molecule has 150 valence electrons. The smallest absolute Gasteiger partial charge is 0.319 e. The summed E-state index contributed by atoms with van der Waals surface area (Å²) in [6, 6.07) is 3.05. The molecule has 1 aliphatic carbocycles. The van der Waals surface area contributed by atoms with Crippen LogP contribution in [0.25, 0.3) is 0 Å². The van der Waals surface area contributed by atoms with Gasteiger partial charge in [-0.3, -0.25) is 4.79 Å². The number of nitrogens with zero attached hydrogens (tertiary/aromatic N) is 1. The van der Waals surface area contributed by atoms with Crippen molar-refractivity contribution < 1.29 is 19.1 Å². The van der Waals surface area contributed by atoms with E-state index in [1.807, 2.05) is 0 Å². The Morgan fingerprint density at radius 3 is 2.59 bits per heavy atom. The third-order valence-electron chi connectivity index (χ3n) is 4.46. The Bertz CT molecular complexity index is 574. The summed E-state index contributed by atoms with van der Waals surface area (Å²) in [5.41, 5.74) is 0.563. The summed E-state index contributed by atoms with van der Waals surface area (Å²) in [6.45, 7) is 1.70. The van der Waals surface area contributed by atoms with Crippen LogP contribution in [0.15, 0.2) is 18.3 Å². The number of amides is 3. The Kier molecular flexibility index (Phi) is 9.40. The van der Waals surface area contributed by atoms with Gasteiger partial charge in [0, 0.05) is 32.7 Å². The first kappa shape index (κ1) is 21.0. The number of methoxy groups -OCH3 is 1. The van der Waals surface area contributed by atoms with Gasteiger partial charge in [-0.1, -0.05) is 19.3 Å². The molecule has 0 unspecified atom stereocenters. The summed E-state index contributed by atoms with van der Waals surface area (Å²) < 4.78 is 10.3. The molecule has 1 aliphatic rings. The van der Waals surface area contributed by atoms with Gasteiger partial charge in [-0.15, -0.1) is 0 Å². The van der Waals surface area contributed by atoms with Crippen molar-refractivity contribution in [2.75, 3.05) is 38.7 Å². The predicted octanol–water partition coefficient (Wildman–Crippen LogP) is 2.31. The molecule has 3 amide bonds. The maximum absolute atomic E-state index is 11.9. The van der Waals surface area contributed by atoms with E-state index in [1.54, 1.807) is 19.2 Å². The van der Waals surface area contributed by atoms with Crippen LogP contribution in [0, 0.1) is 5.92 Å². The summed E-state index contributed by atoms with van der Waals surface area (Å²) in [5, 5.41) is 8.25. The van der Waals surface area contributed by atoms with Crippen molar-refractivity contribution in [2.24, 2.45) is 5.92 Å². The van der Waals surface area contributed by atoms with E-state index >= 15 is 0 Å². The van der Waals surface area contributed by atoms with E-state index < -0.39 is 0 Å². The molecule has 0 aliphatic heterocycles. The highest BCUT2D eigenvalue weighted by Gasteiger charge is 2.16. The van der Waals surface area contributed by atoms with Crippen molar-refractivity contribution in [1.29, 1.82) is 0 Å². The monoisotopic (exact) mass is 378 g/mol. The number of carbonyl (C=O) groups excluding carboxylic acids is 2. The molecule has 1 aromatic heterocycles. The van der Waals surface area contributed by atoms with Crippen LogP contribution in [-0.2, 0) is 9.53 Å². The summed E-state index contributed by atoms with van der Waals surface area (Å²) in [5.74, 6) is 1.06. The lowest BCUT2D eigenvalue weighted by Crippen LogP contribution is -2.37. The molecule has 0 atom stereocenters. The minimum atomic E-state index is -0.341. The van der Waals surface area contributed by atoms with E-state index in [0.29, 0.717) is 50.2 Å². The van der Waals surface area contributed by atoms with Gasteiger partial charge in [-0.05, 0) is 24.8 Å². The number of pyridine rings is 1. The van der Waals surface area contributed by atoms with Gasteiger partial charge >= 0.3 is 6.03 Å². The number of urea groups is 1. The Balaban J connectivity index is 1.56. The number of aromatic nitrogens is 1. The Morgan fingerprint density at radius 2 is 1.89 bits per heavy atom. The van der Waals surface area contributed by atoms with Crippen LogP contribution in [0.2, 0.25) is 0 Å². The highest BCUT2D eigenvalue weighted by atomic mass is 16.5. The van der Waals surface area contributed by atoms with Gasteiger partial charge in [-0.25, -0.2) is 9.78 Å². The van der Waals surface area contributed by atoms with Crippen LogP contribution in [0.5, 0.6) is 5.88 Å². The van der Waals surface area contributed by atoms with Crippen LogP contribution in [0.1, 0.15) is 38.5 Å². The molecule has 1 heterocycles. The summed E-state index contributed by atoms with van der Waals surface area (Å²) in [4.78, 5) is 27.9. The van der Waals surface area contributed by atoms with Crippen molar-refractivity contribution in [3.8, 4) is 5.88 Å². The van der Waals surface area contributed by atoms with E-state index in [1.165, 1.54) is 25.5 Å². The third kappa shape index (κ3) is 8.72. The summed E-state index contributed by atoms with van der Waals surface area (Å²) in [6.07, 6.45) is 8.17. The second-order valence-corrected chi connectivity index (χ2v) is 6.67. The maximum Gasteiger partial charge on any atom is 0.319 e. The minimum Gasteiger partial charge on any atom is -0.475 e. The van der Waals surface area contributed by atoms with Gasteiger partial charge in [0.2, 0.25) is 11.8 Å². The van der Waals surface area contributed by atoms with Crippen molar-refractivity contribution >= 4 is 17.6 Å². The fourth-order valence-electron chi connectivity index (χ4n) is 3.05. The highest BCUT2D eigenvalue weighted by molar-refractivity contribution is 5.89. The molecule has 0 bridgehead atoms. The number of nitrogens with one attached hydrogen (secondary N) is 3. The molecule has 1 saturated carbocycles. The standard InChI is InChI=1S/C19H30N4O4/c1-26-11-12-27-18-8-7-16(14-22-18)23-19(25)21-10-9-20-17(24)13-15-5-3-2-4-6-15/h7-8,14-15H,2-6,9-13H2,1H3,(H,20,24)(H2,21,23,25). The van der Waals surface area contributed by atoms with Crippen LogP contribution in [0.3, 0.4) is 0 Å². The first-order valence-corrected chi connectivity index (χ1v) is 9.56. The molecule has 0 radical (unpaired) electrons. The zero-order valence-corrected chi connectivity index (χ0v) is 16.0. The number of ether oxygens (including phenoxy) is 2. The van der Waals surface area contributed by atoms with Crippen molar-refractivity contribution in [3.63, 3.8) is 0 Å². The quantitative estimate of drug-likeness (QED) is 0.542. The van der Waals surface area contributed by atoms with Gasteiger partial charge in [0.15, 0.2) is 0 Å². The van der Waals surface area contributed by atoms with E-state index in [9.17, 15) is 9.59 Å². The van der Waals surface area contributed by atoms with E-state index in [4.69, 9.17) is 9.47 Å². The molecular weight excluding hydrogens is 348 g/mol. The first-order valence-electron chi connectivity index (χ1n) is 9.56. The molecule has 0 aromatic carbocycles. The SMILES string of the molecule is COCCOc1ccc(NC(=O)NCCNC(=O)CC2CCCCC2)cn1. The second-order valence-electron chi connectivity index (χ2n) is 6.67. The average Bonchev–Trinajstić information content (AvgIpc) is 2.68. The summed E-state index contributed by atoms with van der Waals surface area (Å²) >= 11 is 0. The molecule has 1 fully saturated rings. The van der Waals surface area contributed by atoms with Crippen molar-refractivity contribution in [1.82, 2.24) is 15.6 Å². The number of rotatable bonds is 10. The Morgan fingerprint density at radius 1 is 1.11 bits per heavy atom. The lowest BCUT2D eigenvalue weighted by Gasteiger charge is -2.20. The van der Waals surface area contributed by atoms with E-state index in [2.05, 4.69) is 20.9 Å². The zero-order valence-electron chi connectivity index (χ0n) is 16.0. The minimum absolute atomic E-state index is 0.0670. The first-order chi connectivity index (χ1) is 13.2.